The van der Waals surface area contributed by atoms with E-state index in [1.807, 2.05) is 4.90 Å². The van der Waals surface area contributed by atoms with Crippen LogP contribution in [0.15, 0.2) is 17.5 Å². The fraction of sp³-hybridized carbons (Fsp3) is 0.688. The zero-order valence-electron chi connectivity index (χ0n) is 13.0. The number of nitrogens with two attached hydrogens (primary N) is 1. The zero-order valence-corrected chi connectivity index (χ0v) is 14.7. The van der Waals surface area contributed by atoms with Gasteiger partial charge in [0.2, 0.25) is 5.91 Å². The maximum Gasteiger partial charge on any atom is 0.222 e. The number of piperidine rings is 1. The van der Waals surface area contributed by atoms with E-state index < -0.39 is 0 Å². The second kappa shape index (κ2) is 11.0. The predicted octanol–water partition coefficient (Wildman–Crippen LogP) is 2.85. The lowest BCUT2D eigenvalue weighted by atomic mass is 10.1. The van der Waals surface area contributed by atoms with E-state index in [1.165, 1.54) is 4.88 Å². The summed E-state index contributed by atoms with van der Waals surface area (Å²) in [7, 11) is 0. The first-order valence-corrected chi connectivity index (χ1v) is 8.79. The van der Waals surface area contributed by atoms with E-state index in [0.29, 0.717) is 25.0 Å². The number of rotatable bonds is 8. The topological polar surface area (TPSA) is 55.6 Å². The summed E-state index contributed by atoms with van der Waals surface area (Å²) in [4.78, 5) is 15.5. The van der Waals surface area contributed by atoms with Crippen molar-refractivity contribution in [3.63, 3.8) is 0 Å². The standard InChI is InChI=1S/C16H26N2O2S.ClH/c17-9-3-12-20-14-7-10-18(11-8-14)16(19)6-1-4-15-5-2-13-21-15;/h2,5,13-14H,1,3-4,6-12,17H2;1H. The summed E-state index contributed by atoms with van der Waals surface area (Å²) in [5.41, 5.74) is 5.46. The van der Waals surface area contributed by atoms with E-state index in [0.717, 1.165) is 51.8 Å². The van der Waals surface area contributed by atoms with Crippen LogP contribution in [0.3, 0.4) is 0 Å². The van der Waals surface area contributed by atoms with Crippen molar-refractivity contribution in [1.29, 1.82) is 0 Å². The van der Waals surface area contributed by atoms with Crippen LogP contribution in [0.4, 0.5) is 0 Å². The lowest BCUT2D eigenvalue weighted by Gasteiger charge is -2.32. The number of carbonyl (C=O) groups excluding carboxylic acids is 1. The van der Waals surface area contributed by atoms with Gasteiger partial charge in [-0.2, -0.15) is 0 Å². The highest BCUT2D eigenvalue weighted by Gasteiger charge is 2.22. The van der Waals surface area contributed by atoms with Crippen LogP contribution in [0.25, 0.3) is 0 Å². The quantitative estimate of drug-likeness (QED) is 0.736. The van der Waals surface area contributed by atoms with Crippen LogP contribution in [0.5, 0.6) is 0 Å². The van der Waals surface area contributed by atoms with E-state index in [1.54, 1.807) is 11.3 Å². The van der Waals surface area contributed by atoms with Crippen molar-refractivity contribution in [3.8, 4) is 0 Å². The molecular weight excluding hydrogens is 320 g/mol. The molecule has 0 unspecified atom stereocenters. The summed E-state index contributed by atoms with van der Waals surface area (Å²) >= 11 is 1.77. The number of amides is 1. The number of hydrogen-bond donors (Lipinski definition) is 1. The average molecular weight is 347 g/mol. The molecule has 0 spiro atoms. The summed E-state index contributed by atoms with van der Waals surface area (Å²) in [6.07, 6.45) is 5.78. The summed E-state index contributed by atoms with van der Waals surface area (Å²) in [6.45, 7) is 3.10. The average Bonchev–Trinajstić information content (AvgIpc) is 3.01. The number of nitrogens with zero attached hydrogens (tertiary/aromatic N) is 1. The van der Waals surface area contributed by atoms with Gasteiger partial charge in [0.25, 0.3) is 0 Å². The monoisotopic (exact) mass is 346 g/mol. The number of carbonyl (C=O) groups is 1. The molecule has 1 aromatic rings. The molecule has 2 rings (SSSR count). The van der Waals surface area contributed by atoms with Crippen LogP contribution in [0.1, 0.15) is 37.0 Å². The number of aryl methyl sites for hydroxylation is 1. The molecule has 1 amide bonds. The number of likely N-dealkylation sites (tertiary alicyclic amines) is 1. The summed E-state index contributed by atoms with van der Waals surface area (Å²) in [5, 5.41) is 2.09. The molecule has 1 aromatic heterocycles. The molecule has 4 nitrogen and oxygen atoms in total. The van der Waals surface area contributed by atoms with Crippen LogP contribution in [0, 0.1) is 0 Å². The third kappa shape index (κ3) is 6.65. The van der Waals surface area contributed by atoms with Crippen molar-refractivity contribution in [1.82, 2.24) is 4.90 Å². The van der Waals surface area contributed by atoms with Crippen molar-refractivity contribution >= 4 is 29.7 Å². The summed E-state index contributed by atoms with van der Waals surface area (Å²) < 4.78 is 5.76. The molecule has 0 saturated carbocycles. The van der Waals surface area contributed by atoms with Gasteiger partial charge in [-0.3, -0.25) is 4.79 Å². The Hall–Kier alpha value is -0.620. The minimum absolute atomic E-state index is 0. The Morgan fingerprint density at radius 1 is 1.36 bits per heavy atom. The van der Waals surface area contributed by atoms with Gasteiger partial charge in [0, 0.05) is 31.0 Å². The summed E-state index contributed by atoms with van der Waals surface area (Å²) in [6, 6.07) is 4.20. The number of hydrogen-bond acceptors (Lipinski definition) is 4. The smallest absolute Gasteiger partial charge is 0.222 e. The summed E-state index contributed by atoms with van der Waals surface area (Å²) in [5.74, 6) is 0.298. The number of halogens is 1. The highest BCUT2D eigenvalue weighted by molar-refractivity contribution is 7.09. The number of ether oxygens (including phenoxy) is 1. The Balaban J connectivity index is 0.00000242. The van der Waals surface area contributed by atoms with Gasteiger partial charge in [-0.05, 0) is 50.1 Å². The van der Waals surface area contributed by atoms with Crippen molar-refractivity contribution in [3.05, 3.63) is 22.4 Å². The second-order valence-corrected chi connectivity index (χ2v) is 6.56. The van der Waals surface area contributed by atoms with E-state index in [2.05, 4.69) is 17.5 Å². The Kier molecular flexibility index (Phi) is 9.71. The molecule has 126 valence electrons. The third-order valence-electron chi connectivity index (χ3n) is 3.89. The second-order valence-electron chi connectivity index (χ2n) is 5.53. The van der Waals surface area contributed by atoms with Crippen molar-refractivity contribution in [2.45, 2.75) is 44.6 Å². The molecule has 0 aliphatic carbocycles. The van der Waals surface area contributed by atoms with Gasteiger partial charge in [0.05, 0.1) is 6.10 Å². The molecule has 1 aliphatic heterocycles. The third-order valence-corrected chi connectivity index (χ3v) is 4.83. The number of thiophene rings is 1. The molecule has 1 saturated heterocycles. The molecule has 0 aromatic carbocycles. The molecular formula is C16H27ClN2O2S. The molecule has 0 bridgehead atoms. The Labute approximate surface area is 143 Å². The lowest BCUT2D eigenvalue weighted by Crippen LogP contribution is -2.41. The van der Waals surface area contributed by atoms with Crippen LogP contribution in [-0.4, -0.2) is 43.2 Å². The first kappa shape index (κ1) is 19.4. The highest BCUT2D eigenvalue weighted by atomic mass is 35.5. The van der Waals surface area contributed by atoms with Crippen molar-refractivity contribution in [2.24, 2.45) is 5.73 Å². The van der Waals surface area contributed by atoms with Crippen molar-refractivity contribution < 1.29 is 9.53 Å². The van der Waals surface area contributed by atoms with Crippen molar-refractivity contribution in [2.75, 3.05) is 26.2 Å². The van der Waals surface area contributed by atoms with E-state index in [4.69, 9.17) is 10.5 Å². The van der Waals surface area contributed by atoms with Gasteiger partial charge in [0.15, 0.2) is 0 Å². The normalized spacial score (nSPS) is 15.6. The maximum absolute atomic E-state index is 12.2. The molecule has 0 atom stereocenters. The fourth-order valence-corrected chi connectivity index (χ4v) is 3.38. The van der Waals surface area contributed by atoms with Gasteiger partial charge >= 0.3 is 0 Å². The van der Waals surface area contributed by atoms with Gasteiger partial charge < -0.3 is 15.4 Å². The molecule has 0 radical (unpaired) electrons. The minimum atomic E-state index is 0. The first-order chi connectivity index (χ1) is 10.3. The lowest BCUT2D eigenvalue weighted by molar-refractivity contribution is -0.133. The van der Waals surface area contributed by atoms with Gasteiger partial charge in [-0.25, -0.2) is 0 Å². The predicted molar refractivity (Wildman–Crippen MR) is 93.7 cm³/mol. The minimum Gasteiger partial charge on any atom is -0.378 e. The SMILES string of the molecule is Cl.NCCCOC1CCN(C(=O)CCCc2cccs2)CC1. The van der Waals surface area contributed by atoms with Crippen LogP contribution in [-0.2, 0) is 16.0 Å². The molecule has 2 heterocycles. The molecule has 2 N–H and O–H groups in total. The van der Waals surface area contributed by atoms with Gasteiger partial charge in [0.1, 0.15) is 0 Å². The van der Waals surface area contributed by atoms with E-state index in [9.17, 15) is 4.79 Å². The van der Waals surface area contributed by atoms with Gasteiger partial charge in [-0.15, -0.1) is 23.7 Å². The highest BCUT2D eigenvalue weighted by Crippen LogP contribution is 2.17. The van der Waals surface area contributed by atoms with Gasteiger partial charge in [-0.1, -0.05) is 6.07 Å². The molecule has 1 fully saturated rings. The van der Waals surface area contributed by atoms with Crippen LogP contribution in [0.2, 0.25) is 0 Å². The zero-order chi connectivity index (χ0) is 14.9. The molecule has 22 heavy (non-hydrogen) atoms. The fourth-order valence-electron chi connectivity index (χ4n) is 2.63. The largest absolute Gasteiger partial charge is 0.378 e. The Morgan fingerprint density at radius 2 is 2.14 bits per heavy atom. The van der Waals surface area contributed by atoms with E-state index in [-0.39, 0.29) is 12.4 Å². The first-order valence-electron chi connectivity index (χ1n) is 7.91. The van der Waals surface area contributed by atoms with E-state index >= 15 is 0 Å². The van der Waals surface area contributed by atoms with Crippen LogP contribution < -0.4 is 5.73 Å². The Bertz CT molecular complexity index is 406. The Morgan fingerprint density at radius 3 is 2.77 bits per heavy atom. The maximum atomic E-state index is 12.2. The molecule has 6 heteroatoms. The van der Waals surface area contributed by atoms with Crippen LogP contribution >= 0.6 is 23.7 Å². The molecule has 1 aliphatic rings.